The summed E-state index contributed by atoms with van der Waals surface area (Å²) in [5, 5.41) is 3.37. The molecule has 3 rings (SSSR count). The smallest absolute Gasteiger partial charge is 0.131 e. The SMILES string of the molecule is CC1CCC2(CC1)CNCC(c1ccc(F)cc1F)O2. The average Bonchev–Trinajstić information content (AvgIpc) is 2.43. The fourth-order valence-electron chi connectivity index (χ4n) is 3.34. The lowest BCUT2D eigenvalue weighted by atomic mass is 9.78. The molecule has 2 fully saturated rings. The number of halogens is 2. The monoisotopic (exact) mass is 281 g/mol. The van der Waals surface area contributed by atoms with Gasteiger partial charge in [0.2, 0.25) is 0 Å². The highest BCUT2D eigenvalue weighted by Gasteiger charge is 2.40. The number of benzene rings is 1. The van der Waals surface area contributed by atoms with E-state index in [2.05, 4.69) is 12.2 Å². The molecule has 0 amide bonds. The van der Waals surface area contributed by atoms with Crippen LogP contribution in [0.1, 0.15) is 44.3 Å². The van der Waals surface area contributed by atoms with Crippen LogP contribution >= 0.6 is 0 Å². The lowest BCUT2D eigenvalue weighted by Gasteiger charge is -2.45. The Morgan fingerprint density at radius 3 is 2.70 bits per heavy atom. The molecule has 1 atom stereocenters. The van der Waals surface area contributed by atoms with E-state index >= 15 is 0 Å². The number of morpholine rings is 1. The molecular formula is C16H21F2NO. The first-order chi connectivity index (χ1) is 9.58. The number of nitrogens with one attached hydrogen (secondary N) is 1. The second-order valence-electron chi connectivity index (χ2n) is 6.27. The molecule has 1 aliphatic carbocycles. The zero-order valence-corrected chi connectivity index (χ0v) is 11.8. The number of hydrogen-bond acceptors (Lipinski definition) is 2. The van der Waals surface area contributed by atoms with E-state index in [1.807, 2.05) is 0 Å². The molecule has 20 heavy (non-hydrogen) atoms. The molecule has 4 heteroatoms. The van der Waals surface area contributed by atoms with Gasteiger partial charge in [0.25, 0.3) is 0 Å². The molecule has 1 N–H and O–H groups in total. The normalized spacial score (nSPS) is 34.4. The van der Waals surface area contributed by atoms with Crippen LogP contribution in [0.5, 0.6) is 0 Å². The second kappa shape index (κ2) is 5.41. The lowest BCUT2D eigenvalue weighted by molar-refractivity contribution is -0.141. The zero-order valence-electron chi connectivity index (χ0n) is 11.8. The highest BCUT2D eigenvalue weighted by molar-refractivity contribution is 5.22. The maximum absolute atomic E-state index is 13.9. The minimum Gasteiger partial charge on any atom is -0.364 e. The van der Waals surface area contributed by atoms with Crippen molar-refractivity contribution in [2.75, 3.05) is 13.1 Å². The van der Waals surface area contributed by atoms with E-state index in [1.165, 1.54) is 12.1 Å². The number of hydrogen-bond donors (Lipinski definition) is 1. The van der Waals surface area contributed by atoms with Gasteiger partial charge in [-0.15, -0.1) is 0 Å². The Balaban J connectivity index is 1.78. The topological polar surface area (TPSA) is 21.3 Å². The maximum atomic E-state index is 13.9. The highest BCUT2D eigenvalue weighted by atomic mass is 19.1. The van der Waals surface area contributed by atoms with Crippen molar-refractivity contribution in [2.45, 2.75) is 44.3 Å². The summed E-state index contributed by atoms with van der Waals surface area (Å²) in [6, 6.07) is 3.73. The molecule has 2 aliphatic rings. The van der Waals surface area contributed by atoms with Crippen molar-refractivity contribution in [1.29, 1.82) is 0 Å². The third kappa shape index (κ3) is 2.72. The van der Waals surface area contributed by atoms with Crippen LogP contribution in [-0.4, -0.2) is 18.7 Å². The molecule has 0 radical (unpaired) electrons. The van der Waals surface area contributed by atoms with Gasteiger partial charge in [-0.2, -0.15) is 0 Å². The molecular weight excluding hydrogens is 260 g/mol. The van der Waals surface area contributed by atoms with E-state index in [4.69, 9.17) is 4.74 Å². The Morgan fingerprint density at radius 1 is 1.25 bits per heavy atom. The van der Waals surface area contributed by atoms with Crippen molar-refractivity contribution in [3.63, 3.8) is 0 Å². The van der Waals surface area contributed by atoms with Gasteiger partial charge >= 0.3 is 0 Å². The van der Waals surface area contributed by atoms with Crippen LogP contribution in [0.15, 0.2) is 18.2 Å². The van der Waals surface area contributed by atoms with Crippen LogP contribution < -0.4 is 5.32 Å². The first-order valence-electron chi connectivity index (χ1n) is 7.41. The van der Waals surface area contributed by atoms with Gasteiger partial charge in [0.1, 0.15) is 11.6 Å². The van der Waals surface area contributed by atoms with Crippen LogP contribution in [0, 0.1) is 17.6 Å². The quantitative estimate of drug-likeness (QED) is 0.849. The first kappa shape index (κ1) is 14.0. The van der Waals surface area contributed by atoms with E-state index in [0.29, 0.717) is 12.1 Å². The predicted octanol–water partition coefficient (Wildman–Crippen LogP) is 3.57. The summed E-state index contributed by atoms with van der Waals surface area (Å²) in [6.07, 6.45) is 4.01. The zero-order chi connectivity index (χ0) is 14.2. The van der Waals surface area contributed by atoms with Gasteiger partial charge in [0, 0.05) is 24.7 Å². The Morgan fingerprint density at radius 2 is 2.00 bits per heavy atom. The molecule has 1 aliphatic heterocycles. The Kier molecular flexibility index (Phi) is 3.78. The molecule has 110 valence electrons. The lowest BCUT2D eigenvalue weighted by Crippen LogP contribution is -2.52. The standard InChI is InChI=1S/C16H21F2NO/c1-11-4-6-16(7-5-11)10-19-9-15(20-16)13-3-2-12(17)8-14(13)18/h2-3,8,11,15,19H,4-7,9-10H2,1H3. The van der Waals surface area contributed by atoms with E-state index < -0.39 is 11.6 Å². The molecule has 1 heterocycles. The molecule has 1 saturated carbocycles. The van der Waals surface area contributed by atoms with Crippen LogP contribution in [-0.2, 0) is 4.74 Å². The van der Waals surface area contributed by atoms with Crippen molar-refractivity contribution in [3.05, 3.63) is 35.4 Å². The molecule has 1 spiro atoms. The van der Waals surface area contributed by atoms with E-state index in [-0.39, 0.29) is 11.7 Å². The minimum atomic E-state index is -0.545. The summed E-state index contributed by atoms with van der Waals surface area (Å²) >= 11 is 0. The average molecular weight is 281 g/mol. The summed E-state index contributed by atoms with van der Waals surface area (Å²) in [4.78, 5) is 0. The maximum Gasteiger partial charge on any atom is 0.131 e. The van der Waals surface area contributed by atoms with Crippen molar-refractivity contribution < 1.29 is 13.5 Å². The Labute approximate surface area is 118 Å². The van der Waals surface area contributed by atoms with Crippen LogP contribution in [0.2, 0.25) is 0 Å². The summed E-state index contributed by atoms with van der Waals surface area (Å²) in [6.45, 7) is 3.68. The summed E-state index contributed by atoms with van der Waals surface area (Å²) < 4.78 is 33.2. The largest absolute Gasteiger partial charge is 0.364 e. The van der Waals surface area contributed by atoms with E-state index in [0.717, 1.165) is 44.2 Å². The van der Waals surface area contributed by atoms with Crippen LogP contribution in [0.3, 0.4) is 0 Å². The van der Waals surface area contributed by atoms with Crippen molar-refractivity contribution >= 4 is 0 Å². The van der Waals surface area contributed by atoms with Gasteiger partial charge in [0.15, 0.2) is 0 Å². The highest BCUT2D eigenvalue weighted by Crippen LogP contribution is 2.40. The fourth-order valence-corrected chi connectivity index (χ4v) is 3.34. The Bertz CT molecular complexity index is 483. The molecule has 2 nitrogen and oxygen atoms in total. The molecule has 1 unspecified atom stereocenters. The summed E-state index contributed by atoms with van der Waals surface area (Å²) in [5.74, 6) is -0.318. The predicted molar refractivity (Wildman–Crippen MR) is 73.4 cm³/mol. The number of ether oxygens (including phenoxy) is 1. The van der Waals surface area contributed by atoms with E-state index in [1.54, 1.807) is 0 Å². The molecule has 1 aromatic carbocycles. The van der Waals surface area contributed by atoms with Crippen molar-refractivity contribution in [1.82, 2.24) is 5.32 Å². The van der Waals surface area contributed by atoms with Gasteiger partial charge in [-0.3, -0.25) is 0 Å². The fraction of sp³-hybridized carbons (Fsp3) is 0.625. The van der Waals surface area contributed by atoms with Gasteiger partial charge < -0.3 is 10.1 Å². The minimum absolute atomic E-state index is 0.170. The first-order valence-corrected chi connectivity index (χ1v) is 7.41. The van der Waals surface area contributed by atoms with E-state index in [9.17, 15) is 8.78 Å². The van der Waals surface area contributed by atoms with Gasteiger partial charge in [-0.25, -0.2) is 8.78 Å². The molecule has 1 aromatic rings. The second-order valence-corrected chi connectivity index (χ2v) is 6.27. The van der Waals surface area contributed by atoms with Gasteiger partial charge in [-0.1, -0.05) is 13.0 Å². The van der Waals surface area contributed by atoms with Crippen molar-refractivity contribution in [2.24, 2.45) is 5.92 Å². The van der Waals surface area contributed by atoms with Gasteiger partial charge in [0.05, 0.1) is 11.7 Å². The van der Waals surface area contributed by atoms with Gasteiger partial charge in [-0.05, 0) is 37.7 Å². The third-order valence-electron chi connectivity index (χ3n) is 4.66. The molecule has 0 bridgehead atoms. The van der Waals surface area contributed by atoms with Crippen LogP contribution in [0.4, 0.5) is 8.78 Å². The Hall–Kier alpha value is -1.00. The summed E-state index contributed by atoms with van der Waals surface area (Å²) in [7, 11) is 0. The molecule has 1 saturated heterocycles. The van der Waals surface area contributed by atoms with Crippen LogP contribution in [0.25, 0.3) is 0 Å². The molecule has 0 aromatic heterocycles. The number of rotatable bonds is 1. The van der Waals surface area contributed by atoms with Crippen molar-refractivity contribution in [3.8, 4) is 0 Å². The summed E-state index contributed by atoms with van der Waals surface area (Å²) in [5.41, 5.74) is 0.285. The third-order valence-corrected chi connectivity index (χ3v) is 4.66.